The molecule has 0 aliphatic rings. The summed E-state index contributed by atoms with van der Waals surface area (Å²) in [5.74, 6) is 0.735. The standard InChI is InChI=1S/C13H24N2S/c1-5-10(2)9-15(4)12(8-14)13-11(3)6-7-16-13/h6-7,10,12H,5,8-9,14H2,1-4H3. The highest BCUT2D eigenvalue weighted by Crippen LogP contribution is 2.27. The van der Waals surface area contributed by atoms with Crippen molar-refractivity contribution in [1.82, 2.24) is 4.90 Å². The predicted molar refractivity (Wildman–Crippen MR) is 72.9 cm³/mol. The van der Waals surface area contributed by atoms with E-state index in [1.54, 1.807) is 0 Å². The summed E-state index contributed by atoms with van der Waals surface area (Å²) in [4.78, 5) is 3.82. The van der Waals surface area contributed by atoms with Crippen LogP contribution in [0.25, 0.3) is 0 Å². The molecule has 0 fully saturated rings. The summed E-state index contributed by atoms with van der Waals surface area (Å²) in [5, 5.41) is 2.16. The zero-order chi connectivity index (χ0) is 12.1. The van der Waals surface area contributed by atoms with Gasteiger partial charge in [0.15, 0.2) is 0 Å². The molecular weight excluding hydrogens is 216 g/mol. The molecular formula is C13H24N2S. The Labute approximate surface area is 103 Å². The minimum Gasteiger partial charge on any atom is -0.329 e. The minimum atomic E-state index is 0.383. The molecule has 0 aliphatic carbocycles. The maximum absolute atomic E-state index is 5.92. The number of rotatable bonds is 6. The van der Waals surface area contributed by atoms with Crippen molar-refractivity contribution in [2.75, 3.05) is 20.1 Å². The smallest absolute Gasteiger partial charge is 0.0564 e. The van der Waals surface area contributed by atoms with Gasteiger partial charge in [0.2, 0.25) is 0 Å². The number of hydrogen-bond acceptors (Lipinski definition) is 3. The summed E-state index contributed by atoms with van der Waals surface area (Å²) >= 11 is 1.82. The van der Waals surface area contributed by atoms with Gasteiger partial charge in [0.05, 0.1) is 6.04 Å². The van der Waals surface area contributed by atoms with Gasteiger partial charge in [-0.2, -0.15) is 0 Å². The van der Waals surface area contributed by atoms with Gasteiger partial charge in [-0.1, -0.05) is 20.3 Å². The molecule has 2 N–H and O–H groups in total. The van der Waals surface area contributed by atoms with Gasteiger partial charge in [0, 0.05) is 18.0 Å². The SMILES string of the molecule is CCC(C)CN(C)C(CN)c1sccc1C. The highest BCUT2D eigenvalue weighted by Gasteiger charge is 2.19. The van der Waals surface area contributed by atoms with Crippen LogP contribution in [0.3, 0.4) is 0 Å². The summed E-state index contributed by atoms with van der Waals surface area (Å²) in [5.41, 5.74) is 7.29. The van der Waals surface area contributed by atoms with Gasteiger partial charge in [-0.15, -0.1) is 11.3 Å². The van der Waals surface area contributed by atoms with Crippen molar-refractivity contribution in [2.45, 2.75) is 33.2 Å². The lowest BCUT2D eigenvalue weighted by Gasteiger charge is -2.29. The van der Waals surface area contributed by atoms with E-state index in [0.29, 0.717) is 12.6 Å². The van der Waals surface area contributed by atoms with Crippen molar-refractivity contribution in [3.8, 4) is 0 Å². The largest absolute Gasteiger partial charge is 0.329 e. The zero-order valence-corrected chi connectivity index (χ0v) is 11.7. The second-order valence-corrected chi connectivity index (χ2v) is 5.62. The quantitative estimate of drug-likeness (QED) is 0.828. The molecule has 16 heavy (non-hydrogen) atoms. The Morgan fingerprint density at radius 1 is 1.50 bits per heavy atom. The fourth-order valence-electron chi connectivity index (χ4n) is 1.96. The van der Waals surface area contributed by atoms with E-state index in [1.165, 1.54) is 16.9 Å². The van der Waals surface area contributed by atoms with E-state index < -0.39 is 0 Å². The molecule has 2 nitrogen and oxygen atoms in total. The number of nitrogens with two attached hydrogens (primary N) is 1. The molecule has 0 spiro atoms. The van der Waals surface area contributed by atoms with E-state index >= 15 is 0 Å². The first-order chi connectivity index (χ1) is 7.60. The maximum atomic E-state index is 5.92. The van der Waals surface area contributed by atoms with Crippen molar-refractivity contribution in [3.63, 3.8) is 0 Å². The van der Waals surface area contributed by atoms with Crippen molar-refractivity contribution >= 4 is 11.3 Å². The Hall–Kier alpha value is -0.380. The number of thiophene rings is 1. The third kappa shape index (κ3) is 3.30. The third-order valence-electron chi connectivity index (χ3n) is 3.26. The maximum Gasteiger partial charge on any atom is 0.0564 e. The molecule has 1 aromatic rings. The first-order valence-corrected chi connectivity index (χ1v) is 6.92. The van der Waals surface area contributed by atoms with Crippen LogP contribution in [0.5, 0.6) is 0 Å². The molecule has 0 saturated heterocycles. The first kappa shape index (κ1) is 13.7. The van der Waals surface area contributed by atoms with Crippen molar-refractivity contribution in [1.29, 1.82) is 0 Å². The third-order valence-corrected chi connectivity index (χ3v) is 4.38. The molecule has 0 aromatic carbocycles. The number of aryl methyl sites for hydroxylation is 1. The van der Waals surface area contributed by atoms with E-state index in [1.807, 2.05) is 11.3 Å². The van der Waals surface area contributed by atoms with Crippen LogP contribution in [0.1, 0.15) is 36.8 Å². The van der Waals surface area contributed by atoms with E-state index in [4.69, 9.17) is 5.73 Å². The van der Waals surface area contributed by atoms with E-state index in [0.717, 1.165) is 12.5 Å². The van der Waals surface area contributed by atoms with Crippen LogP contribution in [0.4, 0.5) is 0 Å². The zero-order valence-electron chi connectivity index (χ0n) is 10.9. The Bertz CT molecular complexity index is 309. The van der Waals surface area contributed by atoms with Crippen LogP contribution in [0.2, 0.25) is 0 Å². The number of nitrogens with zero attached hydrogens (tertiary/aromatic N) is 1. The second kappa shape index (κ2) is 6.38. The van der Waals surface area contributed by atoms with Crippen LogP contribution < -0.4 is 5.73 Å². The Balaban J connectivity index is 2.71. The van der Waals surface area contributed by atoms with E-state index in [9.17, 15) is 0 Å². The lowest BCUT2D eigenvalue weighted by atomic mass is 10.1. The Morgan fingerprint density at radius 3 is 2.62 bits per heavy atom. The molecule has 0 saturated carbocycles. The molecule has 1 aromatic heterocycles. The van der Waals surface area contributed by atoms with Crippen LogP contribution in [-0.2, 0) is 0 Å². The van der Waals surface area contributed by atoms with E-state index in [2.05, 4.69) is 44.2 Å². The fraction of sp³-hybridized carbons (Fsp3) is 0.692. The topological polar surface area (TPSA) is 29.3 Å². The summed E-state index contributed by atoms with van der Waals surface area (Å²) in [7, 11) is 2.18. The molecule has 0 bridgehead atoms. The molecule has 0 amide bonds. The lowest BCUT2D eigenvalue weighted by Crippen LogP contribution is -2.33. The molecule has 3 heteroatoms. The fourth-order valence-corrected chi connectivity index (χ4v) is 3.07. The monoisotopic (exact) mass is 240 g/mol. The number of hydrogen-bond donors (Lipinski definition) is 1. The van der Waals surface area contributed by atoms with E-state index in [-0.39, 0.29) is 0 Å². The van der Waals surface area contributed by atoms with Crippen LogP contribution in [-0.4, -0.2) is 25.0 Å². The van der Waals surface area contributed by atoms with Gasteiger partial charge in [0.1, 0.15) is 0 Å². The minimum absolute atomic E-state index is 0.383. The molecule has 0 aliphatic heterocycles. The molecule has 1 heterocycles. The van der Waals surface area contributed by atoms with Crippen LogP contribution in [0.15, 0.2) is 11.4 Å². The Morgan fingerprint density at radius 2 is 2.19 bits per heavy atom. The first-order valence-electron chi connectivity index (χ1n) is 6.04. The van der Waals surface area contributed by atoms with Crippen LogP contribution >= 0.6 is 11.3 Å². The lowest BCUT2D eigenvalue weighted by molar-refractivity contribution is 0.217. The van der Waals surface area contributed by atoms with Gasteiger partial charge < -0.3 is 5.73 Å². The Kier molecular flexibility index (Phi) is 5.46. The molecule has 2 unspecified atom stereocenters. The van der Waals surface area contributed by atoms with Gasteiger partial charge in [-0.3, -0.25) is 4.90 Å². The summed E-state index contributed by atoms with van der Waals surface area (Å²) in [6, 6.07) is 2.56. The highest BCUT2D eigenvalue weighted by molar-refractivity contribution is 7.10. The average Bonchev–Trinajstić information content (AvgIpc) is 2.66. The van der Waals surface area contributed by atoms with Crippen molar-refractivity contribution in [3.05, 3.63) is 21.9 Å². The molecule has 0 radical (unpaired) electrons. The summed E-state index contributed by atoms with van der Waals surface area (Å²) in [6.45, 7) is 8.54. The molecule has 2 atom stereocenters. The molecule has 1 rings (SSSR count). The highest BCUT2D eigenvalue weighted by atomic mass is 32.1. The van der Waals surface area contributed by atoms with Gasteiger partial charge >= 0.3 is 0 Å². The molecule has 92 valence electrons. The second-order valence-electron chi connectivity index (χ2n) is 4.67. The van der Waals surface area contributed by atoms with Gasteiger partial charge in [-0.05, 0) is 36.9 Å². The summed E-state index contributed by atoms with van der Waals surface area (Å²) in [6.07, 6.45) is 1.23. The summed E-state index contributed by atoms with van der Waals surface area (Å²) < 4.78 is 0. The predicted octanol–water partition coefficient (Wildman–Crippen LogP) is 3.03. The van der Waals surface area contributed by atoms with Crippen LogP contribution in [0, 0.1) is 12.8 Å². The van der Waals surface area contributed by atoms with Gasteiger partial charge in [0.25, 0.3) is 0 Å². The van der Waals surface area contributed by atoms with Gasteiger partial charge in [-0.25, -0.2) is 0 Å². The normalized spacial score (nSPS) is 15.4. The van der Waals surface area contributed by atoms with Crippen molar-refractivity contribution < 1.29 is 0 Å². The average molecular weight is 240 g/mol. The number of likely N-dealkylation sites (N-methyl/N-ethyl adjacent to an activating group) is 1. The van der Waals surface area contributed by atoms with Crippen molar-refractivity contribution in [2.24, 2.45) is 11.7 Å².